The van der Waals surface area contributed by atoms with Crippen LogP contribution in [0, 0.1) is 0 Å². The van der Waals surface area contributed by atoms with E-state index >= 15 is 0 Å². The molecule has 1 fully saturated rings. The molecule has 1 amide bonds. The lowest BCUT2D eigenvalue weighted by Crippen LogP contribution is -3.15. The number of benzene rings is 1. The maximum Gasteiger partial charge on any atom is 0.243 e. The van der Waals surface area contributed by atoms with Crippen LogP contribution < -0.4 is 10.2 Å². The fraction of sp³-hybridized carbons (Fsp3) is 0.588. The van der Waals surface area contributed by atoms with E-state index in [1.165, 1.54) is 11.8 Å². The molecule has 1 aromatic carbocycles. The summed E-state index contributed by atoms with van der Waals surface area (Å²) in [5.74, 6) is 0.359. The summed E-state index contributed by atoms with van der Waals surface area (Å²) in [5, 5.41) is 2.78. The van der Waals surface area contributed by atoms with Crippen LogP contribution in [0.25, 0.3) is 0 Å². The first kappa shape index (κ1) is 18.9. The second-order valence-corrected chi connectivity index (χ2v) is 8.55. The topological polar surface area (TPSA) is 70.9 Å². The number of amides is 1. The molecule has 0 unspecified atom stereocenters. The number of carbonyl (C=O) groups excluding carboxylic acids is 1. The average molecular weight is 354 g/mol. The van der Waals surface area contributed by atoms with E-state index in [2.05, 4.69) is 19.2 Å². The highest BCUT2D eigenvalue weighted by molar-refractivity contribution is 7.89. The summed E-state index contributed by atoms with van der Waals surface area (Å²) in [6.07, 6.45) is 0. The molecule has 0 radical (unpaired) electrons. The number of nitrogens with one attached hydrogen (secondary N) is 2. The van der Waals surface area contributed by atoms with Crippen molar-refractivity contribution in [3.63, 3.8) is 0 Å². The van der Waals surface area contributed by atoms with Crippen molar-refractivity contribution in [2.24, 2.45) is 0 Å². The minimum atomic E-state index is -3.41. The zero-order valence-corrected chi connectivity index (χ0v) is 15.5. The lowest BCUT2D eigenvalue weighted by Gasteiger charge is -2.31. The van der Waals surface area contributed by atoms with Gasteiger partial charge in [-0.25, -0.2) is 8.42 Å². The van der Waals surface area contributed by atoms with Crippen molar-refractivity contribution in [3.05, 3.63) is 29.8 Å². The third-order valence-electron chi connectivity index (χ3n) is 4.47. The van der Waals surface area contributed by atoms with Crippen molar-refractivity contribution in [2.75, 3.05) is 39.3 Å². The van der Waals surface area contributed by atoms with Crippen molar-refractivity contribution in [1.29, 1.82) is 0 Å². The highest BCUT2D eigenvalue weighted by atomic mass is 32.2. The van der Waals surface area contributed by atoms with Crippen LogP contribution in [0.3, 0.4) is 0 Å². The van der Waals surface area contributed by atoms with Gasteiger partial charge in [-0.1, -0.05) is 26.0 Å². The third-order valence-corrected chi connectivity index (χ3v) is 6.38. The van der Waals surface area contributed by atoms with E-state index in [9.17, 15) is 13.2 Å². The van der Waals surface area contributed by atoms with Gasteiger partial charge in [-0.05, 0) is 23.6 Å². The van der Waals surface area contributed by atoms with E-state index in [-0.39, 0.29) is 5.91 Å². The molecule has 1 heterocycles. The van der Waals surface area contributed by atoms with Crippen LogP contribution >= 0.6 is 0 Å². The lowest BCUT2D eigenvalue weighted by molar-refractivity contribution is -0.902. The molecule has 0 saturated carbocycles. The first-order chi connectivity index (χ1) is 11.3. The van der Waals surface area contributed by atoms with Gasteiger partial charge in [-0.3, -0.25) is 4.79 Å². The number of nitrogens with zero attached hydrogens (tertiary/aromatic N) is 1. The van der Waals surface area contributed by atoms with Gasteiger partial charge in [0, 0.05) is 6.92 Å². The fourth-order valence-electron chi connectivity index (χ4n) is 2.88. The van der Waals surface area contributed by atoms with E-state index in [0.717, 1.165) is 25.2 Å². The van der Waals surface area contributed by atoms with Crippen LogP contribution in [-0.2, 0) is 14.8 Å². The van der Waals surface area contributed by atoms with Gasteiger partial charge in [-0.2, -0.15) is 4.31 Å². The van der Waals surface area contributed by atoms with Gasteiger partial charge in [0.15, 0.2) is 0 Å². The van der Waals surface area contributed by atoms with E-state index in [4.69, 9.17) is 0 Å². The van der Waals surface area contributed by atoms with E-state index in [1.54, 1.807) is 16.4 Å². The number of carbonyl (C=O) groups is 1. The Hall–Kier alpha value is -1.44. The summed E-state index contributed by atoms with van der Waals surface area (Å²) in [6, 6.07) is 7.21. The number of rotatable bonds is 6. The van der Waals surface area contributed by atoms with Crippen molar-refractivity contribution in [1.82, 2.24) is 9.62 Å². The molecule has 2 rings (SSSR count). The van der Waals surface area contributed by atoms with Crippen LogP contribution in [0.5, 0.6) is 0 Å². The van der Waals surface area contributed by atoms with Crippen LogP contribution in [0.1, 0.15) is 32.3 Å². The van der Waals surface area contributed by atoms with Crippen LogP contribution in [0.4, 0.5) is 0 Å². The zero-order valence-electron chi connectivity index (χ0n) is 14.7. The van der Waals surface area contributed by atoms with Crippen LogP contribution in [-0.4, -0.2) is 57.9 Å². The molecule has 1 aliphatic heterocycles. The average Bonchev–Trinajstić information content (AvgIpc) is 2.55. The van der Waals surface area contributed by atoms with Crippen molar-refractivity contribution in [3.8, 4) is 0 Å². The molecule has 7 heteroatoms. The molecule has 1 saturated heterocycles. The number of piperazine rings is 1. The molecule has 0 bridgehead atoms. The maximum atomic E-state index is 12.7. The van der Waals surface area contributed by atoms with Gasteiger partial charge in [0.1, 0.15) is 0 Å². The third kappa shape index (κ3) is 4.78. The number of hydrogen-bond donors (Lipinski definition) is 2. The SMILES string of the molecule is CC(=O)NCC[NH+]1CCN(S(=O)(=O)c2ccc(C(C)C)cc2)CC1. The van der Waals surface area contributed by atoms with Crippen molar-refractivity contribution >= 4 is 15.9 Å². The molecular formula is C17H28N3O3S+. The van der Waals surface area contributed by atoms with E-state index in [0.29, 0.717) is 30.4 Å². The molecule has 0 aliphatic carbocycles. The standard InChI is InChI=1S/C17H27N3O3S/c1-14(2)16-4-6-17(7-5-16)24(22,23)20-12-10-19(11-13-20)9-8-18-15(3)21/h4-7,14H,8-13H2,1-3H3,(H,18,21)/p+1. The zero-order chi connectivity index (χ0) is 17.7. The minimum Gasteiger partial charge on any atom is -0.351 e. The summed E-state index contributed by atoms with van der Waals surface area (Å²) in [6.45, 7) is 9.72. The van der Waals surface area contributed by atoms with Crippen molar-refractivity contribution in [2.45, 2.75) is 31.6 Å². The van der Waals surface area contributed by atoms with Gasteiger partial charge in [0.2, 0.25) is 15.9 Å². The van der Waals surface area contributed by atoms with Gasteiger partial charge in [0.05, 0.1) is 44.2 Å². The lowest BCUT2D eigenvalue weighted by atomic mass is 10.0. The Morgan fingerprint density at radius 1 is 1.21 bits per heavy atom. The second kappa shape index (κ2) is 8.09. The Bertz CT molecular complexity index is 648. The molecule has 0 atom stereocenters. The maximum absolute atomic E-state index is 12.7. The second-order valence-electron chi connectivity index (χ2n) is 6.61. The molecule has 2 N–H and O–H groups in total. The smallest absolute Gasteiger partial charge is 0.243 e. The Kier molecular flexibility index (Phi) is 6.37. The summed E-state index contributed by atoms with van der Waals surface area (Å²) in [4.78, 5) is 12.6. The van der Waals surface area contributed by atoms with Crippen LogP contribution in [0.2, 0.25) is 0 Å². The van der Waals surface area contributed by atoms with Crippen molar-refractivity contribution < 1.29 is 18.1 Å². The molecule has 0 aromatic heterocycles. The monoisotopic (exact) mass is 354 g/mol. The van der Waals surface area contributed by atoms with Crippen LogP contribution in [0.15, 0.2) is 29.2 Å². The summed E-state index contributed by atoms with van der Waals surface area (Å²) < 4.78 is 27.0. The summed E-state index contributed by atoms with van der Waals surface area (Å²) in [5.41, 5.74) is 1.14. The normalized spacial score (nSPS) is 17.2. The first-order valence-electron chi connectivity index (χ1n) is 8.49. The van der Waals surface area contributed by atoms with E-state index in [1.807, 2.05) is 12.1 Å². The minimum absolute atomic E-state index is 0.0274. The van der Waals surface area contributed by atoms with E-state index < -0.39 is 10.0 Å². The number of sulfonamides is 1. The number of hydrogen-bond acceptors (Lipinski definition) is 3. The largest absolute Gasteiger partial charge is 0.351 e. The van der Waals surface area contributed by atoms with Gasteiger partial charge >= 0.3 is 0 Å². The first-order valence-corrected chi connectivity index (χ1v) is 9.93. The summed E-state index contributed by atoms with van der Waals surface area (Å²) in [7, 11) is -3.41. The molecular weight excluding hydrogens is 326 g/mol. The Morgan fingerprint density at radius 2 is 1.79 bits per heavy atom. The summed E-state index contributed by atoms with van der Waals surface area (Å²) >= 11 is 0. The fourth-order valence-corrected chi connectivity index (χ4v) is 4.32. The van der Waals surface area contributed by atoms with Gasteiger partial charge in [0.25, 0.3) is 0 Å². The Labute approximate surface area is 144 Å². The molecule has 0 spiro atoms. The molecule has 24 heavy (non-hydrogen) atoms. The molecule has 6 nitrogen and oxygen atoms in total. The highest BCUT2D eigenvalue weighted by Gasteiger charge is 2.30. The predicted molar refractivity (Wildman–Crippen MR) is 93.5 cm³/mol. The Morgan fingerprint density at radius 3 is 2.29 bits per heavy atom. The quantitative estimate of drug-likeness (QED) is 0.745. The highest BCUT2D eigenvalue weighted by Crippen LogP contribution is 2.20. The van der Waals surface area contributed by atoms with Gasteiger partial charge in [-0.15, -0.1) is 0 Å². The van der Waals surface area contributed by atoms with Gasteiger partial charge < -0.3 is 10.2 Å². The molecule has 1 aromatic rings. The Balaban J connectivity index is 1.93. The molecule has 1 aliphatic rings. The predicted octanol–water partition coefficient (Wildman–Crippen LogP) is -0.165. The number of quaternary nitrogens is 1. The molecule has 134 valence electrons.